The Bertz CT molecular complexity index is 406. The molecular formula is C11H20N4O2S. The lowest BCUT2D eigenvalue weighted by Crippen LogP contribution is -2.32. The zero-order valence-corrected chi connectivity index (χ0v) is 12.0. The Kier molecular flexibility index (Phi) is 5.36. The van der Waals surface area contributed by atoms with Crippen LogP contribution in [0, 0.1) is 0 Å². The topological polar surface area (TPSA) is 80.5 Å². The molecule has 3 N–H and O–H groups in total. The largest absolute Gasteiger partial charge is 0.382 e. The van der Waals surface area contributed by atoms with Gasteiger partial charge in [0.25, 0.3) is 5.91 Å². The Morgan fingerprint density at radius 3 is 2.78 bits per heavy atom. The van der Waals surface area contributed by atoms with Crippen LogP contribution in [0.25, 0.3) is 0 Å². The maximum absolute atomic E-state index is 11.9. The van der Waals surface area contributed by atoms with Crippen LogP contribution >= 0.6 is 11.3 Å². The zero-order chi connectivity index (χ0) is 13.7. The summed E-state index contributed by atoms with van der Waals surface area (Å²) in [6, 6.07) is 0. The van der Waals surface area contributed by atoms with Crippen molar-refractivity contribution in [3.63, 3.8) is 0 Å². The number of carbonyl (C=O) groups excluding carboxylic acids is 1. The van der Waals surface area contributed by atoms with Crippen molar-refractivity contribution in [2.24, 2.45) is 0 Å². The molecule has 0 aliphatic carbocycles. The van der Waals surface area contributed by atoms with Crippen LogP contribution in [-0.2, 0) is 4.74 Å². The van der Waals surface area contributed by atoms with Gasteiger partial charge in [-0.1, -0.05) is 11.3 Å². The van der Waals surface area contributed by atoms with Crippen molar-refractivity contribution in [1.29, 1.82) is 0 Å². The fourth-order valence-corrected chi connectivity index (χ4v) is 2.16. The standard InChI is InChI=1S/C11H20N4O2S/c1-5-17-7(2)6-13-10(16)8-9(12)14-11(18-8)15(3)4/h7H,5-6,12H2,1-4H3,(H,13,16). The predicted molar refractivity (Wildman–Crippen MR) is 74.3 cm³/mol. The highest BCUT2D eigenvalue weighted by Crippen LogP contribution is 2.26. The van der Waals surface area contributed by atoms with E-state index in [-0.39, 0.29) is 17.8 Å². The van der Waals surface area contributed by atoms with Gasteiger partial charge in [0.1, 0.15) is 10.7 Å². The van der Waals surface area contributed by atoms with Crippen LogP contribution in [0.4, 0.5) is 10.9 Å². The average molecular weight is 272 g/mol. The SMILES string of the molecule is CCOC(C)CNC(=O)c1sc(N(C)C)nc1N. The summed E-state index contributed by atoms with van der Waals surface area (Å²) in [6.45, 7) is 4.92. The molecule has 1 amide bonds. The number of carbonyl (C=O) groups is 1. The van der Waals surface area contributed by atoms with E-state index in [1.54, 1.807) is 0 Å². The number of hydrogen-bond donors (Lipinski definition) is 2. The number of anilines is 2. The molecule has 7 heteroatoms. The molecule has 0 aliphatic rings. The molecule has 0 spiro atoms. The molecule has 0 radical (unpaired) electrons. The molecule has 1 aromatic rings. The van der Waals surface area contributed by atoms with Gasteiger partial charge in [0.15, 0.2) is 5.13 Å². The highest BCUT2D eigenvalue weighted by Gasteiger charge is 2.17. The molecule has 1 rings (SSSR count). The van der Waals surface area contributed by atoms with Crippen molar-refractivity contribution in [2.45, 2.75) is 20.0 Å². The zero-order valence-electron chi connectivity index (χ0n) is 11.2. The molecule has 0 aromatic carbocycles. The predicted octanol–water partition coefficient (Wildman–Crippen LogP) is 0.946. The van der Waals surface area contributed by atoms with Gasteiger partial charge in [0.05, 0.1) is 6.10 Å². The van der Waals surface area contributed by atoms with Crippen molar-refractivity contribution in [3.8, 4) is 0 Å². The lowest BCUT2D eigenvalue weighted by Gasteiger charge is -2.11. The molecular weight excluding hydrogens is 252 g/mol. The molecule has 0 saturated heterocycles. The van der Waals surface area contributed by atoms with Crippen LogP contribution in [-0.4, -0.2) is 44.2 Å². The smallest absolute Gasteiger partial charge is 0.265 e. The van der Waals surface area contributed by atoms with Crippen LogP contribution in [0.3, 0.4) is 0 Å². The van der Waals surface area contributed by atoms with Gasteiger partial charge in [-0.05, 0) is 13.8 Å². The van der Waals surface area contributed by atoms with Gasteiger partial charge in [0, 0.05) is 27.2 Å². The number of rotatable bonds is 6. The first kappa shape index (κ1) is 14.7. The van der Waals surface area contributed by atoms with Crippen LogP contribution in [0.15, 0.2) is 0 Å². The van der Waals surface area contributed by atoms with Crippen molar-refractivity contribution in [2.75, 3.05) is 37.9 Å². The average Bonchev–Trinajstić information content (AvgIpc) is 2.69. The summed E-state index contributed by atoms with van der Waals surface area (Å²) in [5, 5.41) is 3.50. The second-order valence-electron chi connectivity index (χ2n) is 4.08. The molecule has 0 bridgehead atoms. The summed E-state index contributed by atoms with van der Waals surface area (Å²) < 4.78 is 5.34. The van der Waals surface area contributed by atoms with E-state index in [4.69, 9.17) is 10.5 Å². The molecule has 102 valence electrons. The number of nitrogens with one attached hydrogen (secondary N) is 1. The first-order valence-corrected chi connectivity index (χ1v) is 6.60. The van der Waals surface area contributed by atoms with Crippen LogP contribution in [0.2, 0.25) is 0 Å². The minimum Gasteiger partial charge on any atom is -0.382 e. The van der Waals surface area contributed by atoms with Crippen LogP contribution < -0.4 is 16.0 Å². The maximum Gasteiger partial charge on any atom is 0.265 e. The third-order valence-corrected chi connectivity index (χ3v) is 3.47. The summed E-state index contributed by atoms with van der Waals surface area (Å²) in [7, 11) is 3.72. The van der Waals surface area contributed by atoms with Gasteiger partial charge in [-0.15, -0.1) is 0 Å². The Labute approximate surface area is 111 Å². The number of nitrogens with two attached hydrogens (primary N) is 1. The van der Waals surface area contributed by atoms with Crippen molar-refractivity contribution >= 4 is 28.2 Å². The lowest BCUT2D eigenvalue weighted by molar-refractivity contribution is 0.0697. The van der Waals surface area contributed by atoms with E-state index in [1.165, 1.54) is 11.3 Å². The number of amides is 1. The van der Waals surface area contributed by atoms with E-state index in [0.717, 1.165) is 5.13 Å². The maximum atomic E-state index is 11.9. The molecule has 0 fully saturated rings. The number of aromatic nitrogens is 1. The van der Waals surface area contributed by atoms with Crippen LogP contribution in [0.5, 0.6) is 0 Å². The van der Waals surface area contributed by atoms with E-state index in [9.17, 15) is 4.79 Å². The van der Waals surface area contributed by atoms with Gasteiger partial charge in [-0.25, -0.2) is 4.98 Å². The van der Waals surface area contributed by atoms with E-state index >= 15 is 0 Å². The van der Waals surface area contributed by atoms with E-state index < -0.39 is 0 Å². The quantitative estimate of drug-likeness (QED) is 0.806. The molecule has 18 heavy (non-hydrogen) atoms. The lowest BCUT2D eigenvalue weighted by atomic mass is 10.4. The first-order valence-electron chi connectivity index (χ1n) is 5.79. The highest BCUT2D eigenvalue weighted by molar-refractivity contribution is 7.18. The van der Waals surface area contributed by atoms with Crippen molar-refractivity contribution in [3.05, 3.63) is 4.88 Å². The van der Waals surface area contributed by atoms with Gasteiger partial charge in [0.2, 0.25) is 0 Å². The van der Waals surface area contributed by atoms with Gasteiger partial charge in [-0.2, -0.15) is 0 Å². The third kappa shape index (κ3) is 3.85. The van der Waals surface area contributed by atoms with E-state index in [2.05, 4.69) is 10.3 Å². The summed E-state index contributed by atoms with van der Waals surface area (Å²) in [4.78, 5) is 18.3. The van der Waals surface area contributed by atoms with E-state index in [1.807, 2.05) is 32.8 Å². The number of thiazole rings is 1. The number of hydrogen-bond acceptors (Lipinski definition) is 6. The number of ether oxygens (including phenoxy) is 1. The fraction of sp³-hybridized carbons (Fsp3) is 0.636. The van der Waals surface area contributed by atoms with Crippen LogP contribution in [0.1, 0.15) is 23.5 Å². The summed E-state index contributed by atoms with van der Waals surface area (Å²) in [5.41, 5.74) is 5.73. The normalized spacial score (nSPS) is 12.2. The molecule has 1 unspecified atom stereocenters. The summed E-state index contributed by atoms with van der Waals surface area (Å²) >= 11 is 1.28. The minimum atomic E-state index is -0.204. The number of nitrogen functional groups attached to an aromatic ring is 1. The highest BCUT2D eigenvalue weighted by atomic mass is 32.1. The van der Waals surface area contributed by atoms with Crippen molar-refractivity contribution in [1.82, 2.24) is 10.3 Å². The Morgan fingerprint density at radius 1 is 1.61 bits per heavy atom. The molecule has 1 aromatic heterocycles. The second kappa shape index (κ2) is 6.55. The molecule has 1 atom stereocenters. The van der Waals surface area contributed by atoms with E-state index in [0.29, 0.717) is 18.0 Å². The fourth-order valence-electron chi connectivity index (χ4n) is 1.33. The van der Waals surface area contributed by atoms with Gasteiger partial charge in [-0.3, -0.25) is 4.79 Å². The number of nitrogens with zero attached hydrogens (tertiary/aromatic N) is 2. The summed E-state index contributed by atoms with van der Waals surface area (Å²) in [5.74, 6) is 0.0647. The third-order valence-electron chi connectivity index (χ3n) is 2.23. The molecule has 0 saturated carbocycles. The summed E-state index contributed by atoms with van der Waals surface area (Å²) in [6.07, 6.45) is -0.0126. The molecule has 1 heterocycles. The molecule has 0 aliphatic heterocycles. The first-order chi connectivity index (χ1) is 8.45. The Balaban J connectivity index is 2.61. The molecule has 6 nitrogen and oxygen atoms in total. The Hall–Kier alpha value is -1.34. The minimum absolute atomic E-state index is 0.0126. The monoisotopic (exact) mass is 272 g/mol. The second-order valence-corrected chi connectivity index (χ2v) is 5.06. The Morgan fingerprint density at radius 2 is 2.28 bits per heavy atom. The van der Waals surface area contributed by atoms with Crippen molar-refractivity contribution < 1.29 is 9.53 Å². The van der Waals surface area contributed by atoms with Gasteiger partial charge >= 0.3 is 0 Å². The van der Waals surface area contributed by atoms with Gasteiger partial charge < -0.3 is 20.7 Å².